The van der Waals surface area contributed by atoms with Crippen LogP contribution in [0.1, 0.15) is 50.2 Å². The highest BCUT2D eigenvalue weighted by Crippen LogP contribution is 2.31. The minimum Gasteiger partial charge on any atom is -0.508 e. The highest BCUT2D eigenvalue weighted by Gasteiger charge is 2.17. The van der Waals surface area contributed by atoms with E-state index in [9.17, 15) is 5.11 Å². The summed E-state index contributed by atoms with van der Waals surface area (Å²) < 4.78 is 0. The van der Waals surface area contributed by atoms with Crippen molar-refractivity contribution >= 4 is 0 Å². The molecule has 2 aromatic carbocycles. The highest BCUT2D eigenvalue weighted by molar-refractivity contribution is 5.65. The number of phenolic OH excluding ortho intramolecular Hbond substituents is 1. The van der Waals surface area contributed by atoms with E-state index in [2.05, 4.69) is 31.2 Å². The minimum atomic E-state index is 0.368. The van der Waals surface area contributed by atoms with Crippen molar-refractivity contribution < 1.29 is 5.11 Å². The lowest BCUT2D eigenvalue weighted by molar-refractivity contribution is 0.278. The summed E-state index contributed by atoms with van der Waals surface area (Å²) in [4.78, 5) is 0. The third-order valence-electron chi connectivity index (χ3n) is 5.46. The van der Waals surface area contributed by atoms with Crippen LogP contribution in [0.15, 0.2) is 42.5 Å². The summed E-state index contributed by atoms with van der Waals surface area (Å²) in [5, 5.41) is 9.64. The third kappa shape index (κ3) is 4.16. The third-order valence-corrected chi connectivity index (χ3v) is 5.46. The Morgan fingerprint density at radius 1 is 0.913 bits per heavy atom. The van der Waals surface area contributed by atoms with Crippen molar-refractivity contribution in [2.24, 2.45) is 11.8 Å². The summed E-state index contributed by atoms with van der Waals surface area (Å²) in [5.41, 5.74) is 4.78. The summed E-state index contributed by atoms with van der Waals surface area (Å²) in [7, 11) is 0. The van der Waals surface area contributed by atoms with E-state index in [-0.39, 0.29) is 0 Å². The molecule has 1 aliphatic carbocycles. The number of hydrogen-bond acceptors (Lipinski definition) is 1. The average molecular weight is 308 g/mol. The predicted molar refractivity (Wildman–Crippen MR) is 97.7 cm³/mol. The molecule has 1 fully saturated rings. The molecule has 0 bridgehead atoms. The van der Waals surface area contributed by atoms with Gasteiger partial charge in [-0.15, -0.1) is 0 Å². The summed E-state index contributed by atoms with van der Waals surface area (Å²) in [6.45, 7) is 4.33. The summed E-state index contributed by atoms with van der Waals surface area (Å²) >= 11 is 0. The second kappa shape index (κ2) is 7.21. The molecule has 0 aromatic heterocycles. The van der Waals surface area contributed by atoms with Gasteiger partial charge in [-0.25, -0.2) is 0 Å². The van der Waals surface area contributed by atoms with Crippen molar-refractivity contribution in [2.75, 3.05) is 0 Å². The zero-order valence-electron chi connectivity index (χ0n) is 14.4. The molecular formula is C22H28O. The van der Waals surface area contributed by atoms with Gasteiger partial charge in [0.2, 0.25) is 0 Å². The normalized spacial score (nSPS) is 21.3. The van der Waals surface area contributed by atoms with Crippen LogP contribution < -0.4 is 0 Å². The standard InChI is InChI=1S/C22H28O/c1-16-3-5-18(6-4-16)7-8-19-9-11-20(12-10-19)21-13-14-22(23)17(2)15-21/h9-16,18,23H,3-8H2,1-2H3. The van der Waals surface area contributed by atoms with Crippen LogP contribution in [0.25, 0.3) is 11.1 Å². The van der Waals surface area contributed by atoms with E-state index < -0.39 is 0 Å². The Kier molecular flexibility index (Phi) is 5.05. The monoisotopic (exact) mass is 308 g/mol. The van der Waals surface area contributed by atoms with Crippen molar-refractivity contribution in [1.82, 2.24) is 0 Å². The average Bonchev–Trinajstić information content (AvgIpc) is 2.57. The Morgan fingerprint density at radius 2 is 1.57 bits per heavy atom. The molecule has 0 heterocycles. The molecule has 1 saturated carbocycles. The molecule has 0 spiro atoms. The summed E-state index contributed by atoms with van der Waals surface area (Å²) in [6.07, 6.45) is 8.23. The second-order valence-corrected chi connectivity index (χ2v) is 7.36. The molecule has 23 heavy (non-hydrogen) atoms. The van der Waals surface area contributed by atoms with E-state index in [1.165, 1.54) is 55.2 Å². The number of aromatic hydroxyl groups is 1. The fourth-order valence-electron chi connectivity index (χ4n) is 3.69. The van der Waals surface area contributed by atoms with Crippen molar-refractivity contribution in [3.05, 3.63) is 53.6 Å². The van der Waals surface area contributed by atoms with Crippen LogP contribution in [-0.2, 0) is 6.42 Å². The van der Waals surface area contributed by atoms with Gasteiger partial charge in [0.05, 0.1) is 0 Å². The van der Waals surface area contributed by atoms with Gasteiger partial charge in [0, 0.05) is 0 Å². The van der Waals surface area contributed by atoms with Gasteiger partial charge in [-0.3, -0.25) is 0 Å². The molecule has 1 heteroatoms. The first-order valence-electron chi connectivity index (χ1n) is 9.01. The molecule has 2 aromatic rings. The van der Waals surface area contributed by atoms with Gasteiger partial charge in [-0.1, -0.05) is 62.9 Å². The van der Waals surface area contributed by atoms with Gasteiger partial charge in [0.25, 0.3) is 0 Å². The van der Waals surface area contributed by atoms with Crippen LogP contribution in [0.4, 0.5) is 0 Å². The molecule has 0 aliphatic heterocycles. The smallest absolute Gasteiger partial charge is 0.118 e. The Hall–Kier alpha value is -1.76. The first-order valence-corrected chi connectivity index (χ1v) is 9.01. The number of rotatable bonds is 4. The minimum absolute atomic E-state index is 0.368. The quantitative estimate of drug-likeness (QED) is 0.720. The first-order chi connectivity index (χ1) is 11.1. The first kappa shape index (κ1) is 16.1. The van der Waals surface area contributed by atoms with Crippen molar-refractivity contribution in [2.45, 2.75) is 52.4 Å². The molecule has 1 aliphatic rings. The van der Waals surface area contributed by atoms with Crippen LogP contribution in [0, 0.1) is 18.8 Å². The number of aryl methyl sites for hydroxylation is 2. The van der Waals surface area contributed by atoms with E-state index in [0.717, 1.165) is 17.4 Å². The molecule has 0 amide bonds. The van der Waals surface area contributed by atoms with Gasteiger partial charge in [-0.2, -0.15) is 0 Å². The molecule has 3 rings (SSSR count). The summed E-state index contributed by atoms with van der Waals surface area (Å²) in [5.74, 6) is 2.25. The van der Waals surface area contributed by atoms with E-state index >= 15 is 0 Å². The Balaban J connectivity index is 1.59. The second-order valence-electron chi connectivity index (χ2n) is 7.36. The maximum Gasteiger partial charge on any atom is 0.118 e. The molecule has 0 atom stereocenters. The van der Waals surface area contributed by atoms with E-state index in [1.807, 2.05) is 19.1 Å². The lowest BCUT2D eigenvalue weighted by atomic mass is 9.80. The van der Waals surface area contributed by atoms with Crippen LogP contribution >= 0.6 is 0 Å². The predicted octanol–water partition coefficient (Wildman–Crippen LogP) is 6.13. The SMILES string of the molecule is Cc1cc(-c2ccc(CCC3CCC(C)CC3)cc2)ccc1O. The van der Waals surface area contributed by atoms with Gasteiger partial charge in [0.1, 0.15) is 5.75 Å². The van der Waals surface area contributed by atoms with Crippen LogP contribution in [0.5, 0.6) is 5.75 Å². The van der Waals surface area contributed by atoms with E-state index in [0.29, 0.717) is 5.75 Å². The van der Waals surface area contributed by atoms with Gasteiger partial charge >= 0.3 is 0 Å². The topological polar surface area (TPSA) is 20.2 Å². The molecule has 1 nitrogen and oxygen atoms in total. The molecular weight excluding hydrogens is 280 g/mol. The maximum absolute atomic E-state index is 9.64. The lowest BCUT2D eigenvalue weighted by Crippen LogP contribution is -2.12. The Labute approximate surface area is 140 Å². The molecule has 122 valence electrons. The van der Waals surface area contributed by atoms with Crippen LogP contribution in [0.2, 0.25) is 0 Å². The molecule has 0 unspecified atom stereocenters. The largest absolute Gasteiger partial charge is 0.508 e. The fraction of sp³-hybridized carbons (Fsp3) is 0.455. The van der Waals surface area contributed by atoms with Crippen molar-refractivity contribution in [1.29, 1.82) is 0 Å². The Morgan fingerprint density at radius 3 is 2.22 bits per heavy atom. The zero-order valence-corrected chi connectivity index (χ0v) is 14.4. The van der Waals surface area contributed by atoms with Gasteiger partial charge < -0.3 is 5.11 Å². The van der Waals surface area contributed by atoms with Crippen LogP contribution in [0.3, 0.4) is 0 Å². The lowest BCUT2D eigenvalue weighted by Gasteiger charge is -2.26. The van der Waals surface area contributed by atoms with E-state index in [1.54, 1.807) is 6.07 Å². The highest BCUT2D eigenvalue weighted by atomic mass is 16.3. The fourth-order valence-corrected chi connectivity index (χ4v) is 3.69. The summed E-state index contributed by atoms with van der Waals surface area (Å²) in [6, 6.07) is 14.8. The molecule has 0 saturated heterocycles. The van der Waals surface area contributed by atoms with Gasteiger partial charge in [-0.05, 0) is 66.0 Å². The van der Waals surface area contributed by atoms with Crippen molar-refractivity contribution in [3.63, 3.8) is 0 Å². The van der Waals surface area contributed by atoms with Gasteiger partial charge in [0.15, 0.2) is 0 Å². The van der Waals surface area contributed by atoms with Crippen molar-refractivity contribution in [3.8, 4) is 16.9 Å². The zero-order chi connectivity index (χ0) is 16.2. The maximum atomic E-state index is 9.64. The molecule has 0 radical (unpaired) electrons. The van der Waals surface area contributed by atoms with Crippen LogP contribution in [-0.4, -0.2) is 5.11 Å². The number of phenols is 1. The molecule has 1 N–H and O–H groups in total. The Bertz CT molecular complexity index is 634. The number of benzene rings is 2. The number of hydrogen-bond donors (Lipinski definition) is 1. The van der Waals surface area contributed by atoms with E-state index in [4.69, 9.17) is 0 Å².